The maximum Gasteiger partial charge on any atom is 0.309 e. The molecule has 1 aliphatic heterocycles. The van der Waals surface area contributed by atoms with Crippen molar-refractivity contribution in [2.45, 2.75) is 19.4 Å². The molecule has 1 N–H and O–H groups in total. The average Bonchev–Trinajstić information content (AvgIpc) is 3.14. The molecule has 0 amide bonds. The van der Waals surface area contributed by atoms with E-state index in [9.17, 15) is 9.90 Å². The number of nitrogens with zero attached hydrogens (tertiary/aromatic N) is 1. The van der Waals surface area contributed by atoms with Gasteiger partial charge in [-0.1, -0.05) is 12.1 Å². The SMILES string of the molecule is COc1ccc(CC2COC(=O)C2Cc2cc(CN(C)CCCl)c(O)c(OC)c2)cc1OC. The summed E-state index contributed by atoms with van der Waals surface area (Å²) < 4.78 is 21.6. The maximum atomic E-state index is 12.6. The molecule has 0 aromatic heterocycles. The lowest BCUT2D eigenvalue weighted by Gasteiger charge is -2.20. The summed E-state index contributed by atoms with van der Waals surface area (Å²) in [7, 11) is 6.67. The molecule has 1 fully saturated rings. The molecule has 1 aliphatic rings. The minimum absolute atomic E-state index is 0.0257. The van der Waals surface area contributed by atoms with Gasteiger partial charge in [0.15, 0.2) is 23.0 Å². The van der Waals surface area contributed by atoms with Crippen LogP contribution in [0.5, 0.6) is 23.0 Å². The van der Waals surface area contributed by atoms with Crippen LogP contribution in [0.4, 0.5) is 0 Å². The third kappa shape index (κ3) is 6.03. The van der Waals surface area contributed by atoms with Gasteiger partial charge in [-0.3, -0.25) is 4.79 Å². The second-order valence-corrected chi connectivity index (χ2v) is 8.70. The van der Waals surface area contributed by atoms with E-state index in [0.717, 1.165) is 16.7 Å². The van der Waals surface area contributed by atoms with E-state index >= 15 is 0 Å². The van der Waals surface area contributed by atoms with Crippen LogP contribution in [0.1, 0.15) is 16.7 Å². The maximum absolute atomic E-state index is 12.6. The highest BCUT2D eigenvalue weighted by Crippen LogP contribution is 2.36. The van der Waals surface area contributed by atoms with Crippen LogP contribution in [-0.4, -0.2) is 63.4 Å². The zero-order valence-electron chi connectivity index (χ0n) is 19.6. The number of phenols is 1. The van der Waals surface area contributed by atoms with Crippen molar-refractivity contribution in [3.63, 3.8) is 0 Å². The fourth-order valence-corrected chi connectivity index (χ4v) is 4.55. The summed E-state index contributed by atoms with van der Waals surface area (Å²) >= 11 is 5.85. The zero-order chi connectivity index (χ0) is 24.0. The largest absolute Gasteiger partial charge is 0.504 e. The smallest absolute Gasteiger partial charge is 0.309 e. The van der Waals surface area contributed by atoms with Gasteiger partial charge >= 0.3 is 5.97 Å². The number of ether oxygens (including phenoxy) is 4. The second-order valence-electron chi connectivity index (χ2n) is 8.33. The molecule has 2 aromatic rings. The number of alkyl halides is 1. The van der Waals surface area contributed by atoms with Crippen LogP contribution in [0, 0.1) is 11.8 Å². The number of methoxy groups -OCH3 is 3. The van der Waals surface area contributed by atoms with Crippen molar-refractivity contribution in [3.05, 3.63) is 47.0 Å². The summed E-state index contributed by atoms with van der Waals surface area (Å²) in [6.45, 7) is 1.58. The second kappa shape index (κ2) is 11.5. The number of hydrogen-bond donors (Lipinski definition) is 1. The Bertz CT molecular complexity index is 966. The molecular formula is C25H32ClNO6. The summed E-state index contributed by atoms with van der Waals surface area (Å²) in [5.41, 5.74) is 2.70. The predicted molar refractivity (Wildman–Crippen MR) is 127 cm³/mol. The fraction of sp³-hybridized carbons (Fsp3) is 0.480. The summed E-state index contributed by atoms with van der Waals surface area (Å²) in [6, 6.07) is 9.51. The van der Waals surface area contributed by atoms with Crippen LogP contribution in [0.2, 0.25) is 0 Å². The highest BCUT2D eigenvalue weighted by atomic mass is 35.5. The van der Waals surface area contributed by atoms with E-state index < -0.39 is 0 Å². The van der Waals surface area contributed by atoms with E-state index in [1.54, 1.807) is 20.3 Å². The molecule has 2 unspecified atom stereocenters. The molecule has 7 nitrogen and oxygen atoms in total. The molecule has 3 rings (SSSR count). The van der Waals surface area contributed by atoms with Crippen molar-refractivity contribution >= 4 is 17.6 Å². The van der Waals surface area contributed by atoms with Gasteiger partial charge in [0, 0.05) is 30.5 Å². The van der Waals surface area contributed by atoms with Crippen molar-refractivity contribution in [2.75, 3.05) is 47.4 Å². The van der Waals surface area contributed by atoms with Crippen LogP contribution in [0.25, 0.3) is 0 Å². The lowest BCUT2D eigenvalue weighted by atomic mass is 9.84. The molecule has 0 bridgehead atoms. The van der Waals surface area contributed by atoms with Gasteiger partial charge in [-0.15, -0.1) is 11.6 Å². The van der Waals surface area contributed by atoms with Gasteiger partial charge in [-0.2, -0.15) is 0 Å². The molecule has 0 radical (unpaired) electrons. The standard InChI is InChI=1S/C25H32ClNO6/c1-27(8-7-26)14-18-10-17(13-23(32-4)24(18)28)11-20-19(15-33-25(20)29)9-16-5-6-21(30-2)22(12-16)31-3/h5-6,10,12-13,19-20,28H,7-9,11,14-15H2,1-4H3. The zero-order valence-corrected chi connectivity index (χ0v) is 20.4. The first kappa shape index (κ1) is 25.0. The fourth-order valence-electron chi connectivity index (χ4n) is 4.26. The van der Waals surface area contributed by atoms with E-state index in [1.807, 2.05) is 36.2 Å². The Hall–Kier alpha value is -2.64. The summed E-state index contributed by atoms with van der Waals surface area (Å²) in [6.07, 6.45) is 1.18. The van der Waals surface area contributed by atoms with Gasteiger partial charge in [-0.05, 0) is 49.2 Å². The number of phenolic OH excluding ortho intramolecular Hbond substituents is 1. The lowest BCUT2D eigenvalue weighted by Crippen LogP contribution is -2.22. The van der Waals surface area contributed by atoms with E-state index in [2.05, 4.69) is 0 Å². The minimum atomic E-state index is -0.291. The average molecular weight is 478 g/mol. The molecule has 1 saturated heterocycles. The Morgan fingerprint density at radius 1 is 1.03 bits per heavy atom. The summed E-state index contributed by atoms with van der Waals surface area (Å²) in [4.78, 5) is 14.6. The van der Waals surface area contributed by atoms with Gasteiger partial charge < -0.3 is 29.0 Å². The highest BCUT2D eigenvalue weighted by molar-refractivity contribution is 6.18. The normalized spacial score (nSPS) is 17.8. The highest BCUT2D eigenvalue weighted by Gasteiger charge is 2.37. The Balaban J connectivity index is 1.81. The number of aromatic hydroxyl groups is 1. The topological polar surface area (TPSA) is 77.5 Å². The van der Waals surface area contributed by atoms with Gasteiger partial charge in [0.1, 0.15) is 0 Å². The Morgan fingerprint density at radius 2 is 1.73 bits per heavy atom. The molecule has 1 heterocycles. The number of hydrogen-bond acceptors (Lipinski definition) is 7. The van der Waals surface area contributed by atoms with Crippen LogP contribution < -0.4 is 14.2 Å². The molecular weight excluding hydrogens is 446 g/mol. The van der Waals surface area contributed by atoms with E-state index in [1.165, 1.54) is 7.11 Å². The third-order valence-electron chi connectivity index (χ3n) is 6.05. The number of carbonyl (C=O) groups is 1. The number of halogens is 1. The molecule has 0 saturated carbocycles. The molecule has 8 heteroatoms. The molecule has 33 heavy (non-hydrogen) atoms. The van der Waals surface area contributed by atoms with E-state index in [4.69, 9.17) is 30.5 Å². The van der Waals surface area contributed by atoms with Crippen molar-refractivity contribution < 1.29 is 28.8 Å². The number of esters is 1. The monoisotopic (exact) mass is 477 g/mol. The summed E-state index contributed by atoms with van der Waals surface area (Å²) in [5.74, 6) is 1.86. The first-order chi connectivity index (χ1) is 15.9. The molecule has 2 aromatic carbocycles. The van der Waals surface area contributed by atoms with Crippen LogP contribution >= 0.6 is 11.6 Å². The van der Waals surface area contributed by atoms with Crippen molar-refractivity contribution in [2.24, 2.45) is 11.8 Å². The van der Waals surface area contributed by atoms with Gasteiger partial charge in [0.25, 0.3) is 0 Å². The Morgan fingerprint density at radius 3 is 2.39 bits per heavy atom. The molecule has 0 aliphatic carbocycles. The Labute approximate surface area is 200 Å². The third-order valence-corrected chi connectivity index (χ3v) is 6.22. The van der Waals surface area contributed by atoms with Crippen molar-refractivity contribution in [1.82, 2.24) is 4.90 Å². The number of cyclic esters (lactones) is 1. The van der Waals surface area contributed by atoms with Crippen LogP contribution in [0.15, 0.2) is 30.3 Å². The van der Waals surface area contributed by atoms with Crippen LogP contribution in [-0.2, 0) is 28.9 Å². The quantitative estimate of drug-likeness (QED) is 0.391. The van der Waals surface area contributed by atoms with E-state index in [-0.39, 0.29) is 23.6 Å². The first-order valence-corrected chi connectivity index (χ1v) is 11.4. The van der Waals surface area contributed by atoms with Gasteiger partial charge in [0.05, 0.1) is 33.9 Å². The first-order valence-electron chi connectivity index (χ1n) is 10.9. The minimum Gasteiger partial charge on any atom is -0.504 e. The van der Waals surface area contributed by atoms with E-state index in [0.29, 0.717) is 55.7 Å². The number of carbonyl (C=O) groups excluding carboxylic acids is 1. The lowest BCUT2D eigenvalue weighted by molar-refractivity contribution is -0.141. The van der Waals surface area contributed by atoms with Gasteiger partial charge in [0.2, 0.25) is 0 Å². The predicted octanol–water partition coefficient (Wildman–Crippen LogP) is 3.66. The summed E-state index contributed by atoms with van der Waals surface area (Å²) in [5, 5.41) is 10.6. The number of rotatable bonds is 11. The molecule has 2 atom stereocenters. The number of benzene rings is 2. The Kier molecular flexibility index (Phi) is 8.69. The van der Waals surface area contributed by atoms with Gasteiger partial charge in [-0.25, -0.2) is 0 Å². The van der Waals surface area contributed by atoms with Crippen molar-refractivity contribution in [3.8, 4) is 23.0 Å². The van der Waals surface area contributed by atoms with Crippen LogP contribution in [0.3, 0.4) is 0 Å². The molecule has 180 valence electrons. The van der Waals surface area contributed by atoms with Crippen molar-refractivity contribution in [1.29, 1.82) is 0 Å². The molecule has 0 spiro atoms.